The average molecular weight is 284 g/mol. The van der Waals surface area contributed by atoms with Crippen molar-refractivity contribution in [1.82, 2.24) is 4.90 Å². The second-order valence-electron chi connectivity index (χ2n) is 4.05. The first-order chi connectivity index (χ1) is 9.51. The van der Waals surface area contributed by atoms with E-state index in [1.54, 1.807) is 6.92 Å². The first-order valence-corrected chi connectivity index (χ1v) is 6.19. The molecule has 1 aromatic rings. The lowest BCUT2D eigenvalue weighted by Gasteiger charge is -2.21. The van der Waals surface area contributed by atoms with Crippen LogP contribution in [0.3, 0.4) is 0 Å². The topological polar surface area (TPSA) is 89.9 Å². The van der Waals surface area contributed by atoms with E-state index in [9.17, 15) is 14.0 Å². The molecule has 0 saturated heterocycles. The first kappa shape index (κ1) is 15.9. The summed E-state index contributed by atoms with van der Waals surface area (Å²) in [6.45, 7) is 2.33. The number of urea groups is 1. The Kier molecular flexibility index (Phi) is 5.92. The van der Waals surface area contributed by atoms with Crippen molar-refractivity contribution in [2.24, 2.45) is 0 Å². The number of nitrogens with zero attached hydrogens (tertiary/aromatic N) is 1. The van der Waals surface area contributed by atoms with Crippen LogP contribution >= 0.6 is 0 Å². The van der Waals surface area contributed by atoms with Gasteiger partial charge in [-0.05, 0) is 25.5 Å². The number of aromatic carboxylic acids is 1. The zero-order valence-electron chi connectivity index (χ0n) is 11.1. The highest BCUT2D eigenvalue weighted by molar-refractivity contribution is 6.00. The molecule has 0 atom stereocenters. The van der Waals surface area contributed by atoms with Gasteiger partial charge >= 0.3 is 12.0 Å². The first-order valence-electron chi connectivity index (χ1n) is 6.19. The van der Waals surface area contributed by atoms with E-state index in [-0.39, 0.29) is 17.9 Å². The number of hydrogen-bond acceptors (Lipinski definition) is 3. The van der Waals surface area contributed by atoms with Crippen molar-refractivity contribution < 1.29 is 24.2 Å². The number of anilines is 1. The lowest BCUT2D eigenvalue weighted by Crippen LogP contribution is -2.36. The Labute approximate surface area is 115 Å². The van der Waals surface area contributed by atoms with Gasteiger partial charge < -0.3 is 20.4 Å². The number of nitrogens with one attached hydrogen (secondary N) is 1. The number of carbonyl (C=O) groups excluding carboxylic acids is 1. The van der Waals surface area contributed by atoms with Crippen molar-refractivity contribution in [3.05, 3.63) is 29.6 Å². The fourth-order valence-electron chi connectivity index (χ4n) is 1.68. The number of amides is 2. The van der Waals surface area contributed by atoms with Crippen molar-refractivity contribution >= 4 is 17.7 Å². The quantitative estimate of drug-likeness (QED) is 0.742. The van der Waals surface area contributed by atoms with Gasteiger partial charge in [0.2, 0.25) is 0 Å². The molecule has 0 radical (unpaired) electrons. The van der Waals surface area contributed by atoms with E-state index in [2.05, 4.69) is 5.32 Å². The van der Waals surface area contributed by atoms with Crippen molar-refractivity contribution in [3.63, 3.8) is 0 Å². The van der Waals surface area contributed by atoms with Crippen LogP contribution in [0.15, 0.2) is 18.2 Å². The normalized spacial score (nSPS) is 10.2. The Morgan fingerprint density at radius 2 is 2.10 bits per heavy atom. The van der Waals surface area contributed by atoms with Gasteiger partial charge in [0.1, 0.15) is 5.82 Å². The molecule has 0 unspecified atom stereocenters. The van der Waals surface area contributed by atoms with Gasteiger partial charge in [-0.2, -0.15) is 0 Å². The van der Waals surface area contributed by atoms with Crippen molar-refractivity contribution in [2.75, 3.05) is 25.0 Å². The number of para-hydroxylation sites is 1. The molecular formula is C13H17FN2O4. The van der Waals surface area contributed by atoms with Gasteiger partial charge in [-0.3, -0.25) is 0 Å². The predicted molar refractivity (Wildman–Crippen MR) is 71.3 cm³/mol. The summed E-state index contributed by atoms with van der Waals surface area (Å²) >= 11 is 0. The smallest absolute Gasteiger partial charge is 0.337 e. The van der Waals surface area contributed by atoms with Gasteiger partial charge in [0.05, 0.1) is 11.3 Å². The van der Waals surface area contributed by atoms with E-state index >= 15 is 0 Å². The van der Waals surface area contributed by atoms with E-state index in [0.717, 1.165) is 6.07 Å². The van der Waals surface area contributed by atoms with Crippen LogP contribution in [-0.4, -0.2) is 46.8 Å². The Morgan fingerprint density at radius 1 is 1.40 bits per heavy atom. The van der Waals surface area contributed by atoms with Crippen LogP contribution in [-0.2, 0) is 0 Å². The Bertz CT molecular complexity index is 493. The summed E-state index contributed by atoms with van der Waals surface area (Å²) in [4.78, 5) is 24.3. The molecule has 0 heterocycles. The molecule has 0 fully saturated rings. The average Bonchev–Trinajstić information content (AvgIpc) is 2.41. The molecule has 0 saturated carbocycles. The largest absolute Gasteiger partial charge is 0.478 e. The summed E-state index contributed by atoms with van der Waals surface area (Å²) in [5, 5.41) is 20.0. The van der Waals surface area contributed by atoms with Gasteiger partial charge in [0, 0.05) is 19.7 Å². The van der Waals surface area contributed by atoms with Crippen LogP contribution in [0, 0.1) is 5.82 Å². The van der Waals surface area contributed by atoms with Crippen LogP contribution in [0.1, 0.15) is 23.7 Å². The highest BCUT2D eigenvalue weighted by Crippen LogP contribution is 2.20. The van der Waals surface area contributed by atoms with Crippen molar-refractivity contribution in [1.29, 1.82) is 0 Å². The number of carbonyl (C=O) groups is 2. The monoisotopic (exact) mass is 284 g/mol. The minimum absolute atomic E-state index is 0.0656. The molecule has 7 heteroatoms. The highest BCUT2D eigenvalue weighted by atomic mass is 19.1. The third kappa shape index (κ3) is 3.92. The Hall–Kier alpha value is -2.15. The minimum Gasteiger partial charge on any atom is -0.478 e. The van der Waals surface area contributed by atoms with E-state index in [1.807, 2.05) is 0 Å². The standard InChI is InChI=1S/C13H17FN2O4/c1-2-16(7-4-8-17)13(20)15-11-9(12(18)19)5-3-6-10(11)14/h3,5-6,17H,2,4,7-8H2,1H3,(H,15,20)(H,18,19). The van der Waals surface area contributed by atoms with Gasteiger partial charge in [0.15, 0.2) is 0 Å². The van der Waals surface area contributed by atoms with Crippen molar-refractivity contribution in [3.8, 4) is 0 Å². The maximum Gasteiger partial charge on any atom is 0.337 e. The lowest BCUT2D eigenvalue weighted by molar-refractivity contribution is 0.0697. The molecular weight excluding hydrogens is 267 g/mol. The molecule has 0 aliphatic heterocycles. The number of carboxylic acid groups (broad SMARTS) is 1. The second kappa shape index (κ2) is 7.44. The zero-order chi connectivity index (χ0) is 15.1. The van der Waals surface area contributed by atoms with Gasteiger partial charge in [-0.15, -0.1) is 0 Å². The molecule has 110 valence electrons. The number of aliphatic hydroxyl groups excluding tert-OH is 1. The maximum absolute atomic E-state index is 13.7. The van der Waals surface area contributed by atoms with E-state index in [1.165, 1.54) is 17.0 Å². The molecule has 0 bridgehead atoms. The molecule has 20 heavy (non-hydrogen) atoms. The number of halogens is 1. The number of benzene rings is 1. The molecule has 1 rings (SSSR count). The van der Waals surface area contributed by atoms with Gasteiger partial charge in [-0.1, -0.05) is 6.07 Å². The van der Waals surface area contributed by atoms with E-state index in [0.29, 0.717) is 19.5 Å². The van der Waals surface area contributed by atoms with Crippen LogP contribution in [0.5, 0.6) is 0 Å². The Morgan fingerprint density at radius 3 is 2.65 bits per heavy atom. The van der Waals surface area contributed by atoms with Crippen LogP contribution in [0.4, 0.5) is 14.9 Å². The van der Waals surface area contributed by atoms with Crippen LogP contribution < -0.4 is 5.32 Å². The molecule has 2 amide bonds. The molecule has 0 aliphatic carbocycles. The summed E-state index contributed by atoms with van der Waals surface area (Å²) < 4.78 is 13.7. The Balaban J connectivity index is 2.92. The van der Waals surface area contributed by atoms with Gasteiger partial charge in [-0.25, -0.2) is 14.0 Å². The minimum atomic E-state index is -1.32. The SMILES string of the molecule is CCN(CCCO)C(=O)Nc1c(F)cccc1C(=O)O. The van der Waals surface area contributed by atoms with E-state index in [4.69, 9.17) is 10.2 Å². The van der Waals surface area contributed by atoms with Gasteiger partial charge in [0.25, 0.3) is 0 Å². The number of rotatable bonds is 6. The molecule has 0 aliphatic rings. The lowest BCUT2D eigenvalue weighted by atomic mass is 10.1. The fraction of sp³-hybridized carbons (Fsp3) is 0.385. The number of hydrogen-bond donors (Lipinski definition) is 3. The predicted octanol–water partition coefficient (Wildman–Crippen LogP) is 1.76. The molecule has 6 nitrogen and oxygen atoms in total. The maximum atomic E-state index is 13.7. The van der Waals surface area contributed by atoms with Crippen LogP contribution in [0.2, 0.25) is 0 Å². The molecule has 3 N–H and O–H groups in total. The van der Waals surface area contributed by atoms with Crippen LogP contribution in [0.25, 0.3) is 0 Å². The van der Waals surface area contributed by atoms with E-state index < -0.39 is 17.8 Å². The summed E-state index contributed by atoms with van der Waals surface area (Å²) in [5.74, 6) is -2.13. The van der Waals surface area contributed by atoms with Crippen molar-refractivity contribution in [2.45, 2.75) is 13.3 Å². The highest BCUT2D eigenvalue weighted by Gasteiger charge is 2.19. The number of aliphatic hydroxyl groups is 1. The molecule has 0 aromatic heterocycles. The third-order valence-corrected chi connectivity index (χ3v) is 2.73. The zero-order valence-corrected chi connectivity index (χ0v) is 11.1. The summed E-state index contributed by atoms with van der Waals surface area (Å²) in [6, 6.07) is 2.95. The molecule has 1 aromatic carbocycles. The summed E-state index contributed by atoms with van der Waals surface area (Å²) in [6.07, 6.45) is 0.393. The fourth-order valence-corrected chi connectivity index (χ4v) is 1.68. The summed E-state index contributed by atoms with van der Waals surface area (Å²) in [7, 11) is 0. The summed E-state index contributed by atoms with van der Waals surface area (Å²) in [5.41, 5.74) is -0.663. The number of carboxylic acids is 1. The second-order valence-corrected chi connectivity index (χ2v) is 4.05. The molecule has 0 spiro atoms. The third-order valence-electron chi connectivity index (χ3n) is 2.73.